The minimum absolute atomic E-state index is 0.0225. The Balaban J connectivity index is 2.21. The zero-order valence-electron chi connectivity index (χ0n) is 14.4. The van der Waals surface area contributed by atoms with Crippen molar-refractivity contribution in [3.8, 4) is 0 Å². The highest BCUT2D eigenvalue weighted by molar-refractivity contribution is 5.77. The molecule has 1 aliphatic heterocycles. The monoisotopic (exact) mass is 338 g/mol. The minimum Gasteiger partial charge on any atom is -0.395 e. The van der Waals surface area contributed by atoms with E-state index in [0.29, 0.717) is 26.1 Å². The van der Waals surface area contributed by atoms with Gasteiger partial charge in [0.1, 0.15) is 5.82 Å². The number of carbonyl (C=O) groups excluding carboxylic acids is 1. The summed E-state index contributed by atoms with van der Waals surface area (Å²) >= 11 is 0. The van der Waals surface area contributed by atoms with Gasteiger partial charge in [-0.3, -0.25) is 9.69 Å². The van der Waals surface area contributed by atoms with Gasteiger partial charge in [-0.25, -0.2) is 4.39 Å². The quantitative estimate of drug-likeness (QED) is 0.819. The van der Waals surface area contributed by atoms with Gasteiger partial charge in [-0.05, 0) is 23.6 Å². The van der Waals surface area contributed by atoms with Gasteiger partial charge in [-0.15, -0.1) is 0 Å². The predicted molar refractivity (Wildman–Crippen MR) is 89.7 cm³/mol. The maximum Gasteiger partial charge on any atom is 0.224 e. The number of hydrogen-bond donors (Lipinski definition) is 2. The number of aliphatic hydroxyl groups excluding tert-OH is 2. The summed E-state index contributed by atoms with van der Waals surface area (Å²) < 4.78 is 13.1. The average molecular weight is 338 g/mol. The van der Waals surface area contributed by atoms with Crippen LogP contribution in [-0.2, 0) is 11.3 Å². The molecule has 6 heteroatoms. The van der Waals surface area contributed by atoms with Crippen molar-refractivity contribution >= 4 is 5.91 Å². The molecule has 1 aromatic rings. The first-order valence-electron chi connectivity index (χ1n) is 8.46. The molecular formula is C18H27FN2O3. The molecule has 24 heavy (non-hydrogen) atoms. The SMILES string of the molecule is CC(C)[C@H]1CN(C(CO)CO)CCC(=O)N1Cc1ccc(F)cc1. The van der Waals surface area contributed by atoms with Gasteiger partial charge in [0.05, 0.1) is 19.3 Å². The Morgan fingerprint density at radius 1 is 1.21 bits per heavy atom. The van der Waals surface area contributed by atoms with Gasteiger partial charge < -0.3 is 15.1 Å². The lowest BCUT2D eigenvalue weighted by Crippen LogP contribution is -2.49. The van der Waals surface area contributed by atoms with E-state index in [1.54, 1.807) is 12.1 Å². The molecule has 1 fully saturated rings. The second-order valence-corrected chi connectivity index (χ2v) is 6.72. The summed E-state index contributed by atoms with van der Waals surface area (Å²) in [6, 6.07) is 5.85. The molecule has 0 saturated carbocycles. The van der Waals surface area contributed by atoms with E-state index in [-0.39, 0.29) is 42.9 Å². The number of hydrogen-bond acceptors (Lipinski definition) is 4. The number of amides is 1. The average Bonchev–Trinajstić information content (AvgIpc) is 2.72. The van der Waals surface area contributed by atoms with Crippen molar-refractivity contribution in [1.82, 2.24) is 9.80 Å². The maximum atomic E-state index is 13.1. The molecule has 1 aromatic carbocycles. The zero-order valence-corrected chi connectivity index (χ0v) is 14.4. The molecule has 1 heterocycles. The highest BCUT2D eigenvalue weighted by atomic mass is 19.1. The maximum absolute atomic E-state index is 13.1. The highest BCUT2D eigenvalue weighted by Crippen LogP contribution is 2.22. The van der Waals surface area contributed by atoms with E-state index < -0.39 is 0 Å². The van der Waals surface area contributed by atoms with E-state index in [9.17, 15) is 19.4 Å². The first-order chi connectivity index (χ1) is 11.5. The summed E-state index contributed by atoms with van der Waals surface area (Å²) in [5.41, 5.74) is 0.893. The molecule has 0 aliphatic carbocycles. The van der Waals surface area contributed by atoms with Gasteiger partial charge in [0.25, 0.3) is 0 Å². The molecule has 0 unspecified atom stereocenters. The smallest absolute Gasteiger partial charge is 0.224 e. The fourth-order valence-corrected chi connectivity index (χ4v) is 3.18. The highest BCUT2D eigenvalue weighted by Gasteiger charge is 2.33. The van der Waals surface area contributed by atoms with Crippen LogP contribution in [0, 0.1) is 11.7 Å². The largest absolute Gasteiger partial charge is 0.395 e. The van der Waals surface area contributed by atoms with Crippen LogP contribution >= 0.6 is 0 Å². The first kappa shape index (κ1) is 18.8. The second kappa shape index (κ2) is 8.55. The first-order valence-corrected chi connectivity index (χ1v) is 8.46. The molecule has 1 saturated heterocycles. The summed E-state index contributed by atoms with van der Waals surface area (Å²) in [7, 11) is 0. The molecule has 1 atom stereocenters. The van der Waals surface area contributed by atoms with Crippen molar-refractivity contribution < 1.29 is 19.4 Å². The van der Waals surface area contributed by atoms with Crippen molar-refractivity contribution in [2.45, 2.75) is 38.9 Å². The molecule has 1 amide bonds. The number of nitrogens with zero attached hydrogens (tertiary/aromatic N) is 2. The Morgan fingerprint density at radius 2 is 1.83 bits per heavy atom. The number of rotatable bonds is 6. The second-order valence-electron chi connectivity index (χ2n) is 6.72. The van der Waals surface area contributed by atoms with Crippen molar-refractivity contribution in [3.63, 3.8) is 0 Å². The van der Waals surface area contributed by atoms with Crippen LogP contribution in [0.25, 0.3) is 0 Å². The summed E-state index contributed by atoms with van der Waals surface area (Å²) in [6.07, 6.45) is 0.348. The van der Waals surface area contributed by atoms with Crippen molar-refractivity contribution in [3.05, 3.63) is 35.6 Å². The zero-order chi connectivity index (χ0) is 17.7. The topological polar surface area (TPSA) is 64.0 Å². The lowest BCUT2D eigenvalue weighted by molar-refractivity contribution is -0.134. The van der Waals surface area contributed by atoms with E-state index in [2.05, 4.69) is 13.8 Å². The van der Waals surface area contributed by atoms with E-state index in [1.165, 1.54) is 12.1 Å². The molecule has 0 aromatic heterocycles. The summed E-state index contributed by atoms with van der Waals surface area (Å²) in [6.45, 7) is 5.43. The Hall–Kier alpha value is -1.50. The predicted octanol–water partition coefficient (Wildman–Crippen LogP) is 1.24. The van der Waals surface area contributed by atoms with Crippen LogP contribution < -0.4 is 0 Å². The summed E-state index contributed by atoms with van der Waals surface area (Å²) in [4.78, 5) is 16.5. The van der Waals surface area contributed by atoms with Gasteiger partial charge in [-0.1, -0.05) is 26.0 Å². The molecule has 0 spiro atoms. The third kappa shape index (κ3) is 4.53. The van der Waals surface area contributed by atoms with E-state index in [1.807, 2.05) is 9.80 Å². The van der Waals surface area contributed by atoms with Gasteiger partial charge in [0, 0.05) is 32.1 Å². The van der Waals surface area contributed by atoms with Crippen molar-refractivity contribution in [2.75, 3.05) is 26.3 Å². The molecule has 5 nitrogen and oxygen atoms in total. The normalized spacial score (nSPS) is 20.0. The summed E-state index contributed by atoms with van der Waals surface area (Å²) in [5, 5.41) is 18.9. The fourth-order valence-electron chi connectivity index (χ4n) is 3.18. The van der Waals surface area contributed by atoms with E-state index >= 15 is 0 Å². The number of carbonyl (C=O) groups is 1. The molecule has 134 valence electrons. The molecular weight excluding hydrogens is 311 g/mol. The van der Waals surface area contributed by atoms with Crippen LogP contribution in [0.2, 0.25) is 0 Å². The lowest BCUT2D eigenvalue weighted by atomic mass is 10.0. The Bertz CT molecular complexity index is 532. The van der Waals surface area contributed by atoms with Gasteiger partial charge >= 0.3 is 0 Å². The third-order valence-corrected chi connectivity index (χ3v) is 4.73. The number of aliphatic hydroxyl groups is 2. The molecule has 2 N–H and O–H groups in total. The number of halogens is 1. The Morgan fingerprint density at radius 3 is 2.38 bits per heavy atom. The minimum atomic E-state index is -0.343. The van der Waals surface area contributed by atoms with Crippen LogP contribution in [0.3, 0.4) is 0 Å². The number of benzene rings is 1. The van der Waals surface area contributed by atoms with Gasteiger partial charge in [0.2, 0.25) is 5.91 Å². The Kier molecular flexibility index (Phi) is 6.71. The molecule has 2 rings (SSSR count). The summed E-state index contributed by atoms with van der Waals surface area (Å²) in [5.74, 6) is -0.00977. The fraction of sp³-hybridized carbons (Fsp3) is 0.611. The lowest BCUT2D eigenvalue weighted by Gasteiger charge is -2.36. The molecule has 1 aliphatic rings. The van der Waals surface area contributed by atoms with E-state index in [0.717, 1.165) is 5.56 Å². The van der Waals surface area contributed by atoms with Crippen LogP contribution in [0.15, 0.2) is 24.3 Å². The molecule has 0 bridgehead atoms. The van der Waals surface area contributed by atoms with Crippen LogP contribution in [0.1, 0.15) is 25.8 Å². The Labute approximate surface area is 142 Å². The van der Waals surface area contributed by atoms with Crippen LogP contribution in [0.4, 0.5) is 4.39 Å². The van der Waals surface area contributed by atoms with Crippen molar-refractivity contribution in [1.29, 1.82) is 0 Å². The van der Waals surface area contributed by atoms with Gasteiger partial charge in [-0.2, -0.15) is 0 Å². The molecule has 0 radical (unpaired) electrons. The standard InChI is InChI=1S/C18H27FN2O3/c1-13(2)17-10-20(16(11-22)12-23)8-7-18(24)21(17)9-14-3-5-15(19)6-4-14/h3-6,13,16-17,22-23H,7-12H2,1-2H3/t17-/m1/s1. The third-order valence-electron chi connectivity index (χ3n) is 4.73. The van der Waals surface area contributed by atoms with E-state index in [4.69, 9.17) is 0 Å². The van der Waals surface area contributed by atoms with Crippen molar-refractivity contribution in [2.24, 2.45) is 5.92 Å². The van der Waals surface area contributed by atoms with Crippen LogP contribution in [-0.4, -0.2) is 64.3 Å². The van der Waals surface area contributed by atoms with Crippen LogP contribution in [0.5, 0.6) is 0 Å². The van der Waals surface area contributed by atoms with Gasteiger partial charge in [0.15, 0.2) is 0 Å².